The van der Waals surface area contributed by atoms with Gasteiger partial charge in [0.2, 0.25) is 0 Å². The highest BCUT2D eigenvalue weighted by Gasteiger charge is 2.23. The van der Waals surface area contributed by atoms with Crippen molar-refractivity contribution < 1.29 is 14.7 Å². The first kappa shape index (κ1) is 26.7. The van der Waals surface area contributed by atoms with Crippen LogP contribution in [0.3, 0.4) is 0 Å². The smallest absolute Gasteiger partial charge is 0.322 e. The predicted octanol–water partition coefficient (Wildman–Crippen LogP) is 5.38. The predicted molar refractivity (Wildman–Crippen MR) is 141 cm³/mol. The number of amides is 3. The molecule has 3 amide bonds. The minimum atomic E-state index is -0.909. The van der Waals surface area contributed by atoms with Gasteiger partial charge in [-0.25, -0.2) is 4.79 Å². The molecule has 0 saturated heterocycles. The summed E-state index contributed by atoms with van der Waals surface area (Å²) in [6.07, 6.45) is 4.67. The molecule has 35 heavy (non-hydrogen) atoms. The van der Waals surface area contributed by atoms with Crippen LogP contribution < -0.4 is 10.6 Å². The van der Waals surface area contributed by atoms with Gasteiger partial charge in [-0.3, -0.25) is 9.79 Å². The molecule has 2 aromatic rings. The van der Waals surface area contributed by atoms with Crippen molar-refractivity contribution in [3.8, 4) is 0 Å². The van der Waals surface area contributed by atoms with E-state index >= 15 is 0 Å². The van der Waals surface area contributed by atoms with Crippen LogP contribution in [0.4, 0.5) is 10.5 Å². The van der Waals surface area contributed by atoms with Gasteiger partial charge < -0.3 is 20.6 Å². The molecule has 1 heterocycles. The zero-order chi connectivity index (χ0) is 25.4. The number of nitrogens with one attached hydrogen (secondary N) is 2. The van der Waals surface area contributed by atoms with Crippen molar-refractivity contribution in [3.63, 3.8) is 0 Å². The fraction of sp³-hybridized carbons (Fsp3) is 0.346. The molecule has 9 heteroatoms. The Hall–Kier alpha value is -2.87. The lowest BCUT2D eigenvalue weighted by Gasteiger charge is -2.31. The summed E-state index contributed by atoms with van der Waals surface area (Å²) in [6.45, 7) is 4.52. The molecular weight excluding hydrogens is 487 g/mol. The quantitative estimate of drug-likeness (QED) is 0.395. The summed E-state index contributed by atoms with van der Waals surface area (Å²) in [5.41, 5.74) is 2.72. The van der Waals surface area contributed by atoms with Crippen LogP contribution in [-0.2, 0) is 11.2 Å². The zero-order valence-corrected chi connectivity index (χ0v) is 21.3. The molecule has 3 rings (SSSR count). The van der Waals surface area contributed by atoms with Crippen molar-refractivity contribution in [1.82, 2.24) is 10.2 Å². The Kier molecular flexibility index (Phi) is 9.72. The number of rotatable bonds is 10. The molecule has 3 N–H and O–H groups in total. The fourth-order valence-corrected chi connectivity index (χ4v) is 3.88. The number of aliphatic imine (C=N–C) groups is 1. The van der Waals surface area contributed by atoms with Crippen LogP contribution in [0.5, 0.6) is 0 Å². The van der Waals surface area contributed by atoms with E-state index in [0.717, 1.165) is 12.0 Å². The molecule has 1 aliphatic rings. The average Bonchev–Trinajstić information content (AvgIpc) is 3.40. The fourth-order valence-electron chi connectivity index (χ4n) is 3.58. The maximum absolute atomic E-state index is 13.1. The van der Waals surface area contributed by atoms with Crippen LogP contribution in [0, 0.1) is 0 Å². The van der Waals surface area contributed by atoms with E-state index < -0.39 is 6.10 Å². The second kappa shape index (κ2) is 12.7. The van der Waals surface area contributed by atoms with Crippen molar-refractivity contribution in [1.29, 1.82) is 0 Å². The molecule has 2 aromatic carbocycles. The summed E-state index contributed by atoms with van der Waals surface area (Å²) in [4.78, 5) is 30.7. The third-order valence-electron chi connectivity index (χ3n) is 5.87. The van der Waals surface area contributed by atoms with Gasteiger partial charge in [-0.1, -0.05) is 48.3 Å². The SMILES string of the molecule is CC[C@@H](C)N(C[C@@H](O)c1ccc(Cl)c(Cl)c1)C(=O)Nc1ccc(CCNC(=O)C2=CCC=N2)cc1. The van der Waals surface area contributed by atoms with Crippen molar-refractivity contribution in [2.45, 2.75) is 45.3 Å². The van der Waals surface area contributed by atoms with E-state index in [1.54, 1.807) is 35.4 Å². The first-order chi connectivity index (χ1) is 16.8. The van der Waals surface area contributed by atoms with Crippen molar-refractivity contribution in [2.24, 2.45) is 4.99 Å². The number of hydrogen-bond acceptors (Lipinski definition) is 4. The molecule has 0 spiro atoms. The third kappa shape index (κ3) is 7.56. The van der Waals surface area contributed by atoms with E-state index in [2.05, 4.69) is 15.6 Å². The highest BCUT2D eigenvalue weighted by atomic mass is 35.5. The third-order valence-corrected chi connectivity index (χ3v) is 6.60. The molecule has 7 nitrogen and oxygen atoms in total. The van der Waals surface area contributed by atoms with E-state index in [9.17, 15) is 14.7 Å². The number of carbonyl (C=O) groups is 2. The lowest BCUT2D eigenvalue weighted by atomic mass is 10.1. The Balaban J connectivity index is 1.56. The van der Waals surface area contributed by atoms with Gasteiger partial charge in [0.05, 0.1) is 22.7 Å². The van der Waals surface area contributed by atoms with E-state index in [-0.39, 0.29) is 24.5 Å². The minimum Gasteiger partial charge on any atom is -0.387 e. The van der Waals surface area contributed by atoms with Gasteiger partial charge in [0.15, 0.2) is 0 Å². The average molecular weight is 517 g/mol. The normalized spacial score (nSPS) is 14.3. The first-order valence-electron chi connectivity index (χ1n) is 11.6. The van der Waals surface area contributed by atoms with E-state index in [0.29, 0.717) is 46.4 Å². The lowest BCUT2D eigenvalue weighted by molar-refractivity contribution is -0.117. The lowest BCUT2D eigenvalue weighted by Crippen LogP contribution is -2.43. The molecule has 2 atom stereocenters. The zero-order valence-electron chi connectivity index (χ0n) is 19.8. The number of nitrogens with zero attached hydrogens (tertiary/aromatic N) is 2. The van der Waals surface area contributed by atoms with E-state index in [1.165, 1.54) is 0 Å². The van der Waals surface area contributed by atoms with Crippen molar-refractivity contribution in [2.75, 3.05) is 18.4 Å². The number of urea groups is 1. The Bertz CT molecular complexity index is 1100. The number of halogens is 2. The molecule has 0 radical (unpaired) electrons. The topological polar surface area (TPSA) is 94.0 Å². The van der Waals surface area contributed by atoms with Gasteiger partial charge in [-0.2, -0.15) is 0 Å². The number of benzene rings is 2. The monoisotopic (exact) mass is 516 g/mol. The second-order valence-corrected chi connectivity index (χ2v) is 9.18. The summed E-state index contributed by atoms with van der Waals surface area (Å²) >= 11 is 12.0. The number of hydrogen-bond donors (Lipinski definition) is 3. The van der Waals surface area contributed by atoms with E-state index in [1.807, 2.05) is 38.1 Å². The van der Waals surface area contributed by atoms with Crippen LogP contribution in [0.1, 0.15) is 43.9 Å². The molecule has 0 aliphatic carbocycles. The van der Waals surface area contributed by atoms with Crippen LogP contribution in [0.25, 0.3) is 0 Å². The maximum atomic E-state index is 13.1. The number of aliphatic hydroxyl groups excluding tert-OH is 1. The highest BCUT2D eigenvalue weighted by Crippen LogP contribution is 2.26. The maximum Gasteiger partial charge on any atom is 0.322 e. The number of carbonyl (C=O) groups excluding carboxylic acids is 2. The Morgan fingerprint density at radius 3 is 2.51 bits per heavy atom. The van der Waals surface area contributed by atoms with Crippen molar-refractivity contribution >= 4 is 47.0 Å². The van der Waals surface area contributed by atoms with Gasteiger partial charge in [-0.15, -0.1) is 0 Å². The van der Waals surface area contributed by atoms with Crippen molar-refractivity contribution in [3.05, 3.63) is 75.4 Å². The van der Waals surface area contributed by atoms with Gasteiger partial charge in [0.25, 0.3) is 5.91 Å². The first-order valence-corrected chi connectivity index (χ1v) is 12.3. The molecule has 0 saturated carbocycles. The van der Waals surface area contributed by atoms with Gasteiger partial charge in [0, 0.05) is 30.9 Å². The van der Waals surface area contributed by atoms with Gasteiger partial charge in [0.1, 0.15) is 5.70 Å². The van der Waals surface area contributed by atoms with Gasteiger partial charge >= 0.3 is 6.03 Å². The molecule has 186 valence electrons. The molecule has 1 aliphatic heterocycles. The molecule has 0 aromatic heterocycles. The summed E-state index contributed by atoms with van der Waals surface area (Å²) in [5.74, 6) is -0.171. The summed E-state index contributed by atoms with van der Waals surface area (Å²) in [5, 5.41) is 17.3. The summed E-state index contributed by atoms with van der Waals surface area (Å²) in [7, 11) is 0. The number of anilines is 1. The Morgan fingerprint density at radius 1 is 1.14 bits per heavy atom. The van der Waals surface area contributed by atoms with Gasteiger partial charge in [-0.05, 0) is 61.2 Å². The van der Waals surface area contributed by atoms with Crippen LogP contribution >= 0.6 is 23.2 Å². The molecular formula is C26H30Cl2N4O3. The Labute approximate surface area is 215 Å². The summed E-state index contributed by atoms with van der Waals surface area (Å²) in [6, 6.07) is 12.0. The van der Waals surface area contributed by atoms with Crippen LogP contribution in [0.15, 0.2) is 59.2 Å². The Morgan fingerprint density at radius 2 is 1.89 bits per heavy atom. The number of aliphatic hydroxyl groups is 1. The minimum absolute atomic E-state index is 0.0883. The van der Waals surface area contributed by atoms with Crippen LogP contribution in [0.2, 0.25) is 10.0 Å². The van der Waals surface area contributed by atoms with E-state index in [4.69, 9.17) is 23.2 Å². The summed E-state index contributed by atoms with van der Waals surface area (Å²) < 4.78 is 0. The standard InChI is InChI=1S/C26H30Cl2N4O3/c1-3-17(2)32(16-24(33)19-8-11-21(27)22(28)15-19)26(35)31-20-9-6-18(7-10-20)12-14-30-25(34)23-5-4-13-29-23/h5-11,13,15,17,24,33H,3-4,12,14,16H2,1-2H3,(H,30,34)(H,31,35)/t17-,24-/m1/s1. The van der Waals surface area contributed by atoms with Crippen LogP contribution in [-0.4, -0.2) is 47.3 Å². The molecule has 0 fully saturated rings. The second-order valence-electron chi connectivity index (χ2n) is 8.37. The molecule has 0 unspecified atom stereocenters. The molecule has 0 bridgehead atoms. The highest BCUT2D eigenvalue weighted by molar-refractivity contribution is 6.42. The number of allylic oxidation sites excluding steroid dienone is 1. The largest absolute Gasteiger partial charge is 0.387 e.